The molecule has 2 saturated heterocycles. The number of halogens is 4. The number of nitrogens with one attached hydrogen (secondary N) is 3. The lowest BCUT2D eigenvalue weighted by Crippen LogP contribution is -3.14. The molecule has 2 fully saturated rings. The van der Waals surface area contributed by atoms with E-state index in [9.17, 15) is 36.7 Å². The van der Waals surface area contributed by atoms with Crippen molar-refractivity contribution in [3.05, 3.63) is 65.1 Å². The van der Waals surface area contributed by atoms with Gasteiger partial charge in [-0.25, -0.2) is 9.37 Å². The fourth-order valence-electron chi connectivity index (χ4n) is 7.00. The highest BCUT2D eigenvalue weighted by molar-refractivity contribution is 6.03. The Labute approximate surface area is 310 Å². The Morgan fingerprint density at radius 2 is 1.74 bits per heavy atom. The average Bonchev–Trinajstić information content (AvgIpc) is 3.51. The molecule has 5 N–H and O–H groups in total. The number of imidazole rings is 1. The number of hydrogen-bond donors (Lipinski definition) is 4. The van der Waals surface area contributed by atoms with Crippen molar-refractivity contribution >= 4 is 29.3 Å². The second-order valence-corrected chi connectivity index (χ2v) is 13.7. The van der Waals surface area contributed by atoms with Gasteiger partial charge in [-0.3, -0.25) is 19.2 Å². The zero-order valence-electron chi connectivity index (χ0n) is 30.6. The van der Waals surface area contributed by atoms with Crippen LogP contribution in [0.2, 0.25) is 0 Å². The molecule has 2 unspecified atom stereocenters. The molecule has 2 atom stereocenters. The van der Waals surface area contributed by atoms with Crippen molar-refractivity contribution in [1.29, 1.82) is 0 Å². The van der Waals surface area contributed by atoms with Crippen LogP contribution in [0.5, 0.6) is 5.75 Å². The number of quaternary nitrogens is 1. The number of aryl methyl sites for hydroxylation is 1. The van der Waals surface area contributed by atoms with Gasteiger partial charge in [0.15, 0.2) is 23.9 Å². The van der Waals surface area contributed by atoms with E-state index >= 15 is 0 Å². The number of alkyl halides is 2. The van der Waals surface area contributed by atoms with Crippen LogP contribution in [0, 0.1) is 23.5 Å². The van der Waals surface area contributed by atoms with Crippen LogP contribution >= 0.6 is 0 Å². The Bertz CT molecular complexity index is 1840. The molecule has 3 heterocycles. The number of ether oxygens (including phenoxy) is 1. The van der Waals surface area contributed by atoms with E-state index < -0.39 is 29.9 Å². The minimum absolute atomic E-state index is 0.0207. The van der Waals surface area contributed by atoms with Gasteiger partial charge in [-0.1, -0.05) is 13.8 Å². The smallest absolute Gasteiger partial charge is 0.387 e. The first kappa shape index (κ1) is 40.2. The van der Waals surface area contributed by atoms with Gasteiger partial charge in [0.05, 0.1) is 25.0 Å². The van der Waals surface area contributed by atoms with E-state index in [0.29, 0.717) is 74.7 Å². The molecule has 2 aliphatic heterocycles. The standard InChI is InChI=1S/C37H46F4N8O5/c1-4-23(10-11-47(21-30(42)50)20-22-17-43-18-22)35(52)48-12-14-49(15-13-48)36(53)26-7-6-25(16-24(26)5-2)45-34(51)33-44-19-28(46(33)3)27-8-9-29(54-37(40)41)32(39)31(27)38/h6-9,16,19,22-23,37,43H,4-5,10-15,17-18,20-21H2,1-3H3,(H2,42,50)(H,45,51)/p+1. The number of carbonyl (C=O) groups is 4. The molecular formula is C37H47F4N8O5+. The SMILES string of the molecule is CCc1cc(NC(=O)c2ncc(-c3ccc(OC(F)F)c(F)c3F)n2C)ccc1C(=O)N1CCN(C(=O)C(CC)CC[NH+](CC(N)=O)CC2CNC2)CC1. The molecule has 17 heteroatoms. The number of nitrogens with two attached hydrogens (primary N) is 1. The van der Waals surface area contributed by atoms with Crippen molar-refractivity contribution in [2.24, 2.45) is 24.6 Å². The summed E-state index contributed by atoms with van der Waals surface area (Å²) in [5, 5.41) is 5.97. The van der Waals surface area contributed by atoms with Gasteiger partial charge >= 0.3 is 6.61 Å². The van der Waals surface area contributed by atoms with Gasteiger partial charge in [-0.15, -0.1) is 0 Å². The number of amides is 4. The lowest BCUT2D eigenvalue weighted by atomic mass is 9.98. The Balaban J connectivity index is 1.18. The van der Waals surface area contributed by atoms with E-state index in [1.165, 1.54) is 11.6 Å². The zero-order chi connectivity index (χ0) is 39.1. The van der Waals surface area contributed by atoms with Crippen molar-refractivity contribution < 1.29 is 46.4 Å². The summed E-state index contributed by atoms with van der Waals surface area (Å²) < 4.78 is 59.5. The maximum Gasteiger partial charge on any atom is 0.387 e. The van der Waals surface area contributed by atoms with Crippen LogP contribution in [0.1, 0.15) is 53.2 Å². The zero-order valence-corrected chi connectivity index (χ0v) is 30.6. The van der Waals surface area contributed by atoms with Gasteiger partial charge < -0.3 is 40.4 Å². The number of benzene rings is 2. The Morgan fingerprint density at radius 1 is 1.04 bits per heavy atom. The molecule has 0 spiro atoms. The molecule has 0 saturated carbocycles. The molecule has 0 bridgehead atoms. The molecule has 0 aliphatic carbocycles. The number of carbonyl (C=O) groups excluding carboxylic acids is 4. The molecule has 13 nitrogen and oxygen atoms in total. The summed E-state index contributed by atoms with van der Waals surface area (Å²) in [5.41, 5.74) is 6.74. The second kappa shape index (κ2) is 17.9. The summed E-state index contributed by atoms with van der Waals surface area (Å²) >= 11 is 0. The Kier molecular flexibility index (Phi) is 13.3. The highest BCUT2D eigenvalue weighted by Crippen LogP contribution is 2.31. The first-order valence-corrected chi connectivity index (χ1v) is 18.1. The molecule has 54 heavy (non-hydrogen) atoms. The first-order valence-electron chi connectivity index (χ1n) is 18.1. The average molecular weight is 760 g/mol. The van der Waals surface area contributed by atoms with E-state index in [1.54, 1.807) is 23.1 Å². The van der Waals surface area contributed by atoms with Crippen molar-refractivity contribution in [2.45, 2.75) is 39.7 Å². The number of nitrogens with zero attached hydrogens (tertiary/aromatic N) is 4. The van der Waals surface area contributed by atoms with Crippen LogP contribution in [0.3, 0.4) is 0 Å². The third-order valence-corrected chi connectivity index (χ3v) is 10.1. The molecule has 2 aromatic carbocycles. The number of piperazine rings is 1. The van der Waals surface area contributed by atoms with Gasteiger partial charge in [-0.05, 0) is 48.7 Å². The summed E-state index contributed by atoms with van der Waals surface area (Å²) in [5.74, 6) is -4.95. The van der Waals surface area contributed by atoms with E-state index in [0.717, 1.165) is 42.9 Å². The number of hydrogen-bond acceptors (Lipinski definition) is 7. The van der Waals surface area contributed by atoms with Crippen LogP contribution < -0.4 is 26.0 Å². The van der Waals surface area contributed by atoms with Gasteiger partial charge in [0, 0.05) is 81.4 Å². The molecule has 5 rings (SSSR count). The molecular weight excluding hydrogens is 712 g/mol. The predicted octanol–water partition coefficient (Wildman–Crippen LogP) is 2.07. The third kappa shape index (κ3) is 9.36. The fourth-order valence-corrected chi connectivity index (χ4v) is 7.00. The molecule has 0 radical (unpaired) electrons. The topological polar surface area (TPSA) is 156 Å². The highest BCUT2D eigenvalue weighted by atomic mass is 19.3. The highest BCUT2D eigenvalue weighted by Gasteiger charge is 2.31. The van der Waals surface area contributed by atoms with Crippen molar-refractivity contribution in [1.82, 2.24) is 24.7 Å². The number of rotatable bonds is 16. The minimum Gasteiger partial charge on any atom is -0.432 e. The summed E-state index contributed by atoms with van der Waals surface area (Å²) in [6, 6.07) is 6.82. The number of anilines is 1. The van der Waals surface area contributed by atoms with Crippen molar-refractivity contribution in [3.8, 4) is 17.0 Å². The van der Waals surface area contributed by atoms with E-state index in [2.05, 4.69) is 20.4 Å². The van der Waals surface area contributed by atoms with Crippen LogP contribution in [0.15, 0.2) is 36.5 Å². The Hall–Kier alpha value is -5.03. The summed E-state index contributed by atoms with van der Waals surface area (Å²) in [7, 11) is 1.42. The largest absolute Gasteiger partial charge is 0.432 e. The number of aromatic nitrogens is 2. The lowest BCUT2D eigenvalue weighted by molar-refractivity contribution is -0.896. The fraction of sp³-hybridized carbons (Fsp3) is 0.486. The summed E-state index contributed by atoms with van der Waals surface area (Å²) in [6.45, 7) is 5.68. The van der Waals surface area contributed by atoms with Crippen molar-refractivity contribution in [2.75, 3.05) is 64.2 Å². The Morgan fingerprint density at radius 3 is 2.35 bits per heavy atom. The normalized spacial score (nSPS) is 15.9. The molecule has 1 aromatic heterocycles. The molecule has 3 aromatic rings. The quantitative estimate of drug-likeness (QED) is 0.163. The first-order chi connectivity index (χ1) is 25.8. The third-order valence-electron chi connectivity index (χ3n) is 10.1. The maximum absolute atomic E-state index is 14.8. The van der Waals surface area contributed by atoms with Gasteiger partial charge in [-0.2, -0.15) is 13.2 Å². The lowest BCUT2D eigenvalue weighted by Gasteiger charge is -2.37. The summed E-state index contributed by atoms with van der Waals surface area (Å²) in [6.07, 6.45) is 2.96. The van der Waals surface area contributed by atoms with Crippen LogP contribution in [0.4, 0.5) is 23.2 Å². The molecule has 292 valence electrons. The van der Waals surface area contributed by atoms with E-state index in [-0.39, 0.29) is 47.3 Å². The second-order valence-electron chi connectivity index (χ2n) is 13.7. The van der Waals surface area contributed by atoms with Gasteiger partial charge in [0.2, 0.25) is 11.7 Å². The van der Waals surface area contributed by atoms with Crippen LogP contribution in [-0.2, 0) is 23.1 Å². The van der Waals surface area contributed by atoms with E-state index in [4.69, 9.17) is 5.73 Å². The monoisotopic (exact) mass is 759 g/mol. The minimum atomic E-state index is -3.34. The summed E-state index contributed by atoms with van der Waals surface area (Å²) in [4.78, 5) is 60.7. The van der Waals surface area contributed by atoms with E-state index in [1.807, 2.05) is 18.7 Å². The molecule has 2 aliphatic rings. The van der Waals surface area contributed by atoms with Crippen molar-refractivity contribution in [3.63, 3.8) is 0 Å². The van der Waals surface area contributed by atoms with Crippen LogP contribution in [-0.4, -0.2) is 108 Å². The van der Waals surface area contributed by atoms with Gasteiger partial charge in [0.25, 0.3) is 17.7 Å². The molecule has 4 amide bonds. The van der Waals surface area contributed by atoms with Gasteiger partial charge in [0.1, 0.15) is 0 Å². The van der Waals surface area contributed by atoms with Crippen LogP contribution in [0.25, 0.3) is 11.3 Å². The predicted molar refractivity (Wildman–Crippen MR) is 191 cm³/mol. The number of primary amides is 1. The maximum atomic E-state index is 14.8.